The van der Waals surface area contributed by atoms with Gasteiger partial charge in [0.15, 0.2) is 0 Å². The number of nitrogens with one attached hydrogen (secondary N) is 1. The topological polar surface area (TPSA) is 21.3 Å². The molecule has 1 aromatic rings. The summed E-state index contributed by atoms with van der Waals surface area (Å²) in [5.41, 5.74) is 2.97. The van der Waals surface area contributed by atoms with E-state index in [4.69, 9.17) is 4.74 Å². The Bertz CT molecular complexity index is 470. The van der Waals surface area contributed by atoms with Gasteiger partial charge in [-0.05, 0) is 55.5 Å². The highest BCUT2D eigenvalue weighted by molar-refractivity contribution is 8.00. The van der Waals surface area contributed by atoms with Crippen LogP contribution in [0.4, 0.5) is 0 Å². The number of thioether (sulfide) groups is 1. The van der Waals surface area contributed by atoms with E-state index >= 15 is 0 Å². The van der Waals surface area contributed by atoms with E-state index in [1.165, 1.54) is 49.7 Å². The van der Waals surface area contributed by atoms with E-state index in [0.29, 0.717) is 11.3 Å². The van der Waals surface area contributed by atoms with Crippen LogP contribution in [0.2, 0.25) is 0 Å². The zero-order valence-corrected chi connectivity index (χ0v) is 14.0. The van der Waals surface area contributed by atoms with Crippen LogP contribution in [-0.2, 0) is 6.42 Å². The van der Waals surface area contributed by atoms with Crippen molar-refractivity contribution < 1.29 is 4.74 Å². The molecular weight excluding hydrogens is 278 g/mol. The molecule has 0 saturated heterocycles. The van der Waals surface area contributed by atoms with Crippen molar-refractivity contribution >= 4 is 11.8 Å². The van der Waals surface area contributed by atoms with Crippen LogP contribution < -0.4 is 10.1 Å². The average Bonchev–Trinajstić information content (AvgIpc) is 3.02. The summed E-state index contributed by atoms with van der Waals surface area (Å²) in [5.74, 6) is 0.989. The molecule has 0 aromatic heterocycles. The Hall–Kier alpha value is -0.670. The van der Waals surface area contributed by atoms with E-state index in [1.807, 2.05) is 0 Å². The van der Waals surface area contributed by atoms with Crippen molar-refractivity contribution in [3.05, 3.63) is 29.3 Å². The summed E-state index contributed by atoms with van der Waals surface area (Å²) in [6.07, 6.45) is 8.22. The summed E-state index contributed by atoms with van der Waals surface area (Å²) >= 11 is 2.25. The third-order valence-corrected chi connectivity index (χ3v) is 6.57. The largest absolute Gasteiger partial charge is 0.497 e. The molecule has 1 fully saturated rings. The van der Waals surface area contributed by atoms with Crippen LogP contribution in [0, 0.1) is 0 Å². The van der Waals surface area contributed by atoms with E-state index in [2.05, 4.69) is 42.2 Å². The molecule has 0 bridgehead atoms. The third kappa shape index (κ3) is 3.40. The van der Waals surface area contributed by atoms with Gasteiger partial charge in [-0.25, -0.2) is 0 Å². The number of hydrogen-bond acceptors (Lipinski definition) is 3. The fourth-order valence-corrected chi connectivity index (χ4v) is 5.52. The van der Waals surface area contributed by atoms with E-state index in [9.17, 15) is 0 Å². The molecule has 2 nitrogen and oxygen atoms in total. The Morgan fingerprint density at radius 3 is 2.76 bits per heavy atom. The molecule has 2 unspecified atom stereocenters. The maximum Gasteiger partial charge on any atom is 0.119 e. The van der Waals surface area contributed by atoms with Gasteiger partial charge in [-0.1, -0.05) is 25.8 Å². The van der Waals surface area contributed by atoms with Gasteiger partial charge in [0.1, 0.15) is 5.75 Å². The van der Waals surface area contributed by atoms with Crippen molar-refractivity contribution in [2.75, 3.05) is 13.7 Å². The summed E-state index contributed by atoms with van der Waals surface area (Å²) in [6.45, 7) is 3.24. The minimum Gasteiger partial charge on any atom is -0.497 e. The molecule has 0 aliphatic heterocycles. The fraction of sp³-hybridized carbons (Fsp3) is 0.667. The number of fused-ring (bicyclic) bond motifs is 1. The summed E-state index contributed by atoms with van der Waals surface area (Å²) < 4.78 is 5.44. The molecule has 0 radical (unpaired) electrons. The zero-order valence-electron chi connectivity index (χ0n) is 13.2. The van der Waals surface area contributed by atoms with Gasteiger partial charge in [0.2, 0.25) is 0 Å². The summed E-state index contributed by atoms with van der Waals surface area (Å²) in [6, 6.07) is 7.10. The van der Waals surface area contributed by atoms with Crippen LogP contribution in [0.1, 0.15) is 56.2 Å². The minimum atomic E-state index is 0.486. The monoisotopic (exact) mass is 305 g/mol. The minimum absolute atomic E-state index is 0.486. The molecular formula is C18H27NOS. The summed E-state index contributed by atoms with van der Waals surface area (Å²) in [7, 11) is 1.76. The maximum atomic E-state index is 5.44. The number of ether oxygens (including phenoxy) is 1. The van der Waals surface area contributed by atoms with Gasteiger partial charge >= 0.3 is 0 Å². The van der Waals surface area contributed by atoms with E-state index in [1.54, 1.807) is 7.11 Å². The smallest absolute Gasteiger partial charge is 0.119 e. The van der Waals surface area contributed by atoms with Crippen LogP contribution in [0.25, 0.3) is 0 Å². The fourth-order valence-electron chi connectivity index (χ4n) is 3.76. The standard InChI is InChI=1S/C18H27NOS/c1-3-19-18-16-12-14(20-2)10-8-13(16)9-11-17(18)21-15-6-4-5-7-15/h8,10,12,15,17-19H,3-7,9,11H2,1-2H3. The van der Waals surface area contributed by atoms with Crippen molar-refractivity contribution in [2.45, 2.75) is 62.0 Å². The highest BCUT2D eigenvalue weighted by atomic mass is 32.2. The van der Waals surface area contributed by atoms with Gasteiger partial charge in [-0.15, -0.1) is 0 Å². The summed E-state index contributed by atoms with van der Waals surface area (Å²) in [5, 5.41) is 5.35. The van der Waals surface area contributed by atoms with Crippen LogP contribution in [0.5, 0.6) is 5.75 Å². The lowest BCUT2D eigenvalue weighted by Gasteiger charge is -2.35. The van der Waals surface area contributed by atoms with Crippen LogP contribution in [0.3, 0.4) is 0 Å². The number of benzene rings is 1. The van der Waals surface area contributed by atoms with Gasteiger partial charge < -0.3 is 10.1 Å². The SMILES string of the molecule is CCNC1c2cc(OC)ccc2CCC1SC1CCCC1. The van der Waals surface area contributed by atoms with Gasteiger partial charge in [0.05, 0.1) is 7.11 Å². The molecule has 3 heteroatoms. The molecule has 0 spiro atoms. The molecule has 0 amide bonds. The molecule has 1 aromatic carbocycles. The first kappa shape index (κ1) is 15.2. The second-order valence-corrected chi connectivity index (χ2v) is 7.76. The van der Waals surface area contributed by atoms with Crippen LogP contribution in [-0.4, -0.2) is 24.2 Å². The zero-order chi connectivity index (χ0) is 14.7. The van der Waals surface area contributed by atoms with Crippen molar-refractivity contribution in [1.29, 1.82) is 0 Å². The average molecular weight is 305 g/mol. The van der Waals surface area contributed by atoms with Crippen LogP contribution >= 0.6 is 11.8 Å². The molecule has 116 valence electrons. The third-order valence-electron chi connectivity index (χ3n) is 4.85. The van der Waals surface area contributed by atoms with E-state index in [0.717, 1.165) is 17.5 Å². The molecule has 2 atom stereocenters. The lowest BCUT2D eigenvalue weighted by Crippen LogP contribution is -2.35. The number of methoxy groups -OCH3 is 1. The first-order chi connectivity index (χ1) is 10.3. The highest BCUT2D eigenvalue weighted by Gasteiger charge is 2.32. The Kier molecular flexibility index (Phi) is 5.12. The van der Waals surface area contributed by atoms with Gasteiger partial charge in [-0.3, -0.25) is 0 Å². The van der Waals surface area contributed by atoms with E-state index in [-0.39, 0.29) is 0 Å². The molecule has 2 aliphatic rings. The maximum absolute atomic E-state index is 5.44. The molecule has 21 heavy (non-hydrogen) atoms. The Balaban J connectivity index is 1.81. The number of aryl methyl sites for hydroxylation is 1. The lowest BCUT2D eigenvalue weighted by molar-refractivity contribution is 0.410. The van der Waals surface area contributed by atoms with Crippen molar-refractivity contribution in [2.24, 2.45) is 0 Å². The molecule has 3 rings (SSSR count). The van der Waals surface area contributed by atoms with Gasteiger partial charge in [-0.2, -0.15) is 11.8 Å². The second kappa shape index (κ2) is 7.06. The molecule has 2 aliphatic carbocycles. The quantitative estimate of drug-likeness (QED) is 0.874. The molecule has 1 N–H and O–H groups in total. The van der Waals surface area contributed by atoms with Crippen molar-refractivity contribution in [3.63, 3.8) is 0 Å². The number of rotatable bonds is 5. The first-order valence-electron chi connectivity index (χ1n) is 8.37. The predicted octanol–water partition coefficient (Wildman–Crippen LogP) is 4.34. The van der Waals surface area contributed by atoms with Gasteiger partial charge in [0, 0.05) is 16.5 Å². The lowest BCUT2D eigenvalue weighted by atomic mass is 9.87. The second-order valence-electron chi connectivity index (χ2n) is 6.22. The highest BCUT2D eigenvalue weighted by Crippen LogP contribution is 2.43. The molecule has 0 heterocycles. The van der Waals surface area contributed by atoms with Gasteiger partial charge in [0.25, 0.3) is 0 Å². The van der Waals surface area contributed by atoms with Crippen molar-refractivity contribution in [1.82, 2.24) is 5.32 Å². The van der Waals surface area contributed by atoms with E-state index < -0.39 is 0 Å². The summed E-state index contributed by atoms with van der Waals surface area (Å²) in [4.78, 5) is 0. The Morgan fingerprint density at radius 2 is 2.05 bits per heavy atom. The van der Waals surface area contributed by atoms with Crippen LogP contribution in [0.15, 0.2) is 18.2 Å². The first-order valence-corrected chi connectivity index (χ1v) is 9.31. The normalized spacial score (nSPS) is 25.8. The Labute approximate surface area is 133 Å². The number of hydrogen-bond donors (Lipinski definition) is 1. The Morgan fingerprint density at radius 1 is 1.24 bits per heavy atom. The van der Waals surface area contributed by atoms with Crippen molar-refractivity contribution in [3.8, 4) is 5.75 Å². The predicted molar refractivity (Wildman–Crippen MR) is 91.4 cm³/mol. The molecule has 1 saturated carbocycles.